The van der Waals surface area contributed by atoms with Gasteiger partial charge in [-0.05, 0) is 49.1 Å². The van der Waals surface area contributed by atoms with Crippen molar-refractivity contribution in [3.8, 4) is 0 Å². The van der Waals surface area contributed by atoms with E-state index in [2.05, 4.69) is 9.36 Å². The molecule has 0 aliphatic rings. The van der Waals surface area contributed by atoms with Gasteiger partial charge in [-0.3, -0.25) is 0 Å². The van der Waals surface area contributed by atoms with E-state index in [1.54, 1.807) is 6.07 Å². The Hall–Kier alpha value is -0.980. The van der Waals surface area contributed by atoms with Gasteiger partial charge in [0.1, 0.15) is 11.6 Å². The van der Waals surface area contributed by atoms with Gasteiger partial charge in [-0.1, -0.05) is 11.8 Å². The highest BCUT2D eigenvalue weighted by Crippen LogP contribution is 2.33. The molecule has 1 atom stereocenters. The fourth-order valence-electron chi connectivity index (χ4n) is 1.38. The molecular formula is C11H12FN3S2. The van der Waals surface area contributed by atoms with E-state index in [-0.39, 0.29) is 11.9 Å². The lowest BCUT2D eigenvalue weighted by atomic mass is 10.1. The van der Waals surface area contributed by atoms with E-state index < -0.39 is 0 Å². The third kappa shape index (κ3) is 3.02. The molecule has 1 heterocycles. The van der Waals surface area contributed by atoms with Crippen molar-refractivity contribution in [1.82, 2.24) is 9.36 Å². The summed E-state index contributed by atoms with van der Waals surface area (Å²) in [6.45, 7) is 3.68. The Labute approximate surface area is 107 Å². The standard InChI is InChI=1S/C11H12FN3S2/c1-6(13)9-5-8(12)3-4-10(9)16-11-14-7(2)15-17-11/h3-6H,13H2,1-2H3/t6-/m0/s1. The second-order valence-corrected chi connectivity index (χ2v) is 5.72. The van der Waals surface area contributed by atoms with Crippen LogP contribution in [0.2, 0.25) is 0 Å². The van der Waals surface area contributed by atoms with Gasteiger partial charge in [0.05, 0.1) is 0 Å². The number of nitrogens with two attached hydrogens (primary N) is 1. The van der Waals surface area contributed by atoms with Gasteiger partial charge in [0.15, 0.2) is 4.34 Å². The molecule has 0 radical (unpaired) electrons. The molecule has 17 heavy (non-hydrogen) atoms. The number of hydrogen-bond donors (Lipinski definition) is 1. The Morgan fingerprint density at radius 1 is 1.47 bits per heavy atom. The molecule has 2 aromatic rings. The lowest BCUT2D eigenvalue weighted by molar-refractivity contribution is 0.619. The molecule has 6 heteroatoms. The lowest BCUT2D eigenvalue weighted by Crippen LogP contribution is -2.06. The van der Waals surface area contributed by atoms with E-state index in [1.807, 2.05) is 13.8 Å². The van der Waals surface area contributed by atoms with Gasteiger partial charge in [0.2, 0.25) is 0 Å². The summed E-state index contributed by atoms with van der Waals surface area (Å²) < 4.78 is 18.1. The minimum absolute atomic E-state index is 0.206. The smallest absolute Gasteiger partial charge is 0.174 e. The topological polar surface area (TPSA) is 51.8 Å². The quantitative estimate of drug-likeness (QED) is 0.930. The fraction of sp³-hybridized carbons (Fsp3) is 0.273. The van der Waals surface area contributed by atoms with Crippen molar-refractivity contribution in [3.63, 3.8) is 0 Å². The first-order chi connectivity index (χ1) is 8.06. The van der Waals surface area contributed by atoms with Gasteiger partial charge in [-0.15, -0.1) is 0 Å². The van der Waals surface area contributed by atoms with Crippen molar-refractivity contribution in [2.24, 2.45) is 5.73 Å². The molecular weight excluding hydrogens is 257 g/mol. The summed E-state index contributed by atoms with van der Waals surface area (Å²) in [7, 11) is 0. The Kier molecular flexibility index (Phi) is 3.76. The first-order valence-corrected chi connectivity index (χ1v) is 6.68. The maximum absolute atomic E-state index is 13.2. The predicted molar refractivity (Wildman–Crippen MR) is 67.8 cm³/mol. The minimum Gasteiger partial charge on any atom is -0.324 e. The number of rotatable bonds is 3. The van der Waals surface area contributed by atoms with Crippen LogP contribution in [-0.2, 0) is 0 Å². The molecule has 0 aliphatic heterocycles. The second-order valence-electron chi connectivity index (χ2n) is 3.68. The average molecular weight is 269 g/mol. The van der Waals surface area contributed by atoms with Gasteiger partial charge >= 0.3 is 0 Å². The van der Waals surface area contributed by atoms with E-state index in [4.69, 9.17) is 5.73 Å². The summed E-state index contributed by atoms with van der Waals surface area (Å²) in [6, 6.07) is 4.43. The molecule has 1 aromatic heterocycles. The molecule has 0 bridgehead atoms. The second kappa shape index (κ2) is 5.12. The van der Waals surface area contributed by atoms with E-state index in [9.17, 15) is 4.39 Å². The number of aryl methyl sites for hydroxylation is 1. The first kappa shape index (κ1) is 12.5. The van der Waals surface area contributed by atoms with E-state index in [1.165, 1.54) is 35.4 Å². The maximum Gasteiger partial charge on any atom is 0.174 e. The van der Waals surface area contributed by atoms with Crippen LogP contribution < -0.4 is 5.73 Å². The number of nitrogens with zero attached hydrogens (tertiary/aromatic N) is 2. The zero-order valence-corrected chi connectivity index (χ0v) is 11.1. The summed E-state index contributed by atoms with van der Waals surface area (Å²) >= 11 is 2.81. The summed E-state index contributed by atoms with van der Waals surface area (Å²) in [6.07, 6.45) is 0. The summed E-state index contributed by atoms with van der Waals surface area (Å²) in [4.78, 5) is 5.19. The Balaban J connectivity index is 2.32. The van der Waals surface area contributed by atoms with E-state index in [0.717, 1.165) is 20.6 Å². The van der Waals surface area contributed by atoms with Crippen molar-refractivity contribution in [3.05, 3.63) is 35.4 Å². The van der Waals surface area contributed by atoms with Crippen LogP contribution in [0.25, 0.3) is 0 Å². The van der Waals surface area contributed by atoms with Crippen molar-refractivity contribution < 1.29 is 4.39 Å². The van der Waals surface area contributed by atoms with Crippen LogP contribution in [0.5, 0.6) is 0 Å². The minimum atomic E-state index is -0.268. The number of hydrogen-bond acceptors (Lipinski definition) is 5. The van der Waals surface area contributed by atoms with Gasteiger partial charge in [-0.2, -0.15) is 4.37 Å². The fourth-order valence-corrected chi connectivity index (χ4v) is 3.20. The molecule has 2 N–H and O–H groups in total. The zero-order valence-electron chi connectivity index (χ0n) is 9.48. The van der Waals surface area contributed by atoms with Crippen molar-refractivity contribution >= 4 is 23.3 Å². The van der Waals surface area contributed by atoms with Crippen LogP contribution in [0.4, 0.5) is 4.39 Å². The molecule has 3 nitrogen and oxygen atoms in total. The van der Waals surface area contributed by atoms with Crippen LogP contribution in [0.15, 0.2) is 27.4 Å². The number of benzene rings is 1. The third-order valence-corrected chi connectivity index (χ3v) is 4.10. The number of halogens is 1. The molecule has 0 saturated heterocycles. The van der Waals surface area contributed by atoms with Gasteiger partial charge in [0, 0.05) is 10.9 Å². The van der Waals surface area contributed by atoms with E-state index >= 15 is 0 Å². The predicted octanol–water partition coefficient (Wildman–Crippen LogP) is 3.16. The molecule has 90 valence electrons. The number of aromatic nitrogens is 2. The largest absolute Gasteiger partial charge is 0.324 e. The molecule has 2 rings (SSSR count). The monoisotopic (exact) mass is 269 g/mol. The van der Waals surface area contributed by atoms with E-state index in [0.29, 0.717) is 0 Å². The molecule has 1 aromatic carbocycles. The van der Waals surface area contributed by atoms with Crippen LogP contribution in [-0.4, -0.2) is 9.36 Å². The van der Waals surface area contributed by atoms with Gasteiger partial charge in [0.25, 0.3) is 0 Å². The third-order valence-electron chi connectivity index (χ3n) is 2.17. The molecule has 0 amide bonds. The summed E-state index contributed by atoms with van der Waals surface area (Å²) in [5.41, 5.74) is 6.62. The Bertz CT molecular complexity index is 525. The highest BCUT2D eigenvalue weighted by molar-refractivity contribution is 8.01. The average Bonchev–Trinajstić information content (AvgIpc) is 2.66. The Morgan fingerprint density at radius 2 is 2.24 bits per heavy atom. The van der Waals surface area contributed by atoms with Crippen LogP contribution in [0.3, 0.4) is 0 Å². The highest BCUT2D eigenvalue weighted by Gasteiger charge is 2.11. The molecule has 0 unspecified atom stereocenters. The Morgan fingerprint density at radius 3 is 2.82 bits per heavy atom. The lowest BCUT2D eigenvalue weighted by Gasteiger charge is -2.10. The maximum atomic E-state index is 13.2. The summed E-state index contributed by atoms with van der Waals surface area (Å²) in [5, 5.41) is 0. The van der Waals surface area contributed by atoms with Crippen molar-refractivity contribution in [1.29, 1.82) is 0 Å². The summed E-state index contributed by atoms with van der Waals surface area (Å²) in [5.74, 6) is 0.483. The van der Waals surface area contributed by atoms with Crippen LogP contribution >= 0.6 is 23.3 Å². The van der Waals surface area contributed by atoms with Gasteiger partial charge in [-0.25, -0.2) is 9.37 Å². The molecule has 0 saturated carbocycles. The molecule has 0 fully saturated rings. The highest BCUT2D eigenvalue weighted by atomic mass is 32.2. The van der Waals surface area contributed by atoms with Crippen LogP contribution in [0, 0.1) is 12.7 Å². The van der Waals surface area contributed by atoms with Crippen molar-refractivity contribution in [2.75, 3.05) is 0 Å². The van der Waals surface area contributed by atoms with Crippen LogP contribution in [0.1, 0.15) is 24.4 Å². The first-order valence-electron chi connectivity index (χ1n) is 5.09. The molecule has 0 spiro atoms. The van der Waals surface area contributed by atoms with Gasteiger partial charge < -0.3 is 5.73 Å². The normalized spacial score (nSPS) is 12.7. The SMILES string of the molecule is Cc1nsc(Sc2ccc(F)cc2[C@H](C)N)n1. The molecule has 0 aliphatic carbocycles. The van der Waals surface area contributed by atoms with Crippen molar-refractivity contribution in [2.45, 2.75) is 29.1 Å². The zero-order chi connectivity index (χ0) is 12.4.